The van der Waals surface area contributed by atoms with Crippen molar-refractivity contribution in [2.45, 2.75) is 13.3 Å². The van der Waals surface area contributed by atoms with E-state index in [1.165, 1.54) is 19.2 Å². The lowest BCUT2D eigenvalue weighted by Gasteiger charge is -2.12. The minimum absolute atomic E-state index is 0.0760. The minimum atomic E-state index is -0.326. The molecule has 0 bridgehead atoms. The van der Waals surface area contributed by atoms with Crippen LogP contribution in [-0.4, -0.2) is 13.7 Å². The van der Waals surface area contributed by atoms with Crippen molar-refractivity contribution < 1.29 is 9.13 Å². The Bertz CT molecular complexity index is 387. The molecule has 0 fully saturated rings. The second kappa shape index (κ2) is 5.96. The lowest BCUT2D eigenvalue weighted by Crippen LogP contribution is -2.12. The highest BCUT2D eigenvalue weighted by atomic mass is 19.1. The molecule has 1 N–H and O–H groups in total. The summed E-state index contributed by atoms with van der Waals surface area (Å²) in [7, 11) is 1.53. The zero-order valence-corrected chi connectivity index (χ0v) is 9.46. The highest BCUT2D eigenvalue weighted by Gasteiger charge is 2.07. The summed E-state index contributed by atoms with van der Waals surface area (Å²) >= 11 is 0. The van der Waals surface area contributed by atoms with Gasteiger partial charge in [-0.2, -0.15) is 5.26 Å². The van der Waals surface area contributed by atoms with Crippen molar-refractivity contribution in [1.82, 2.24) is 0 Å². The van der Waals surface area contributed by atoms with E-state index in [0.29, 0.717) is 18.0 Å². The molecule has 3 nitrogen and oxygen atoms in total. The van der Waals surface area contributed by atoms with Gasteiger partial charge in [-0.3, -0.25) is 0 Å². The molecule has 0 saturated heterocycles. The number of ether oxygens (including phenoxy) is 1. The van der Waals surface area contributed by atoms with Crippen molar-refractivity contribution >= 4 is 5.69 Å². The van der Waals surface area contributed by atoms with Crippen LogP contribution in [0.2, 0.25) is 0 Å². The Morgan fingerprint density at radius 2 is 2.31 bits per heavy atom. The number of rotatable bonds is 5. The molecule has 1 atom stereocenters. The van der Waals surface area contributed by atoms with E-state index >= 15 is 0 Å². The summed E-state index contributed by atoms with van der Waals surface area (Å²) in [6.45, 7) is 2.44. The van der Waals surface area contributed by atoms with Crippen LogP contribution in [0.4, 0.5) is 10.1 Å². The molecule has 0 aliphatic rings. The van der Waals surface area contributed by atoms with Crippen LogP contribution in [0.3, 0.4) is 0 Å². The molecule has 0 spiro atoms. The number of halogens is 1. The van der Waals surface area contributed by atoms with E-state index in [4.69, 9.17) is 10.00 Å². The van der Waals surface area contributed by atoms with Gasteiger partial charge in [0.25, 0.3) is 0 Å². The predicted molar refractivity (Wildman–Crippen MR) is 60.8 cm³/mol. The highest BCUT2D eigenvalue weighted by molar-refractivity contribution is 5.56. The van der Waals surface area contributed by atoms with Crippen LogP contribution in [0.5, 0.6) is 5.75 Å². The smallest absolute Gasteiger partial charge is 0.142 e. The molecule has 0 heterocycles. The molecule has 0 aliphatic carbocycles. The molecule has 16 heavy (non-hydrogen) atoms. The van der Waals surface area contributed by atoms with Crippen LogP contribution in [0.1, 0.15) is 13.3 Å². The van der Waals surface area contributed by atoms with Crippen molar-refractivity contribution in [1.29, 1.82) is 5.26 Å². The van der Waals surface area contributed by atoms with Crippen molar-refractivity contribution in [3.63, 3.8) is 0 Å². The minimum Gasteiger partial charge on any atom is -0.495 e. The molecule has 0 radical (unpaired) electrons. The molecule has 0 amide bonds. The average molecular weight is 222 g/mol. The van der Waals surface area contributed by atoms with E-state index in [2.05, 4.69) is 11.4 Å². The lowest BCUT2D eigenvalue weighted by atomic mass is 10.1. The molecule has 4 heteroatoms. The van der Waals surface area contributed by atoms with Gasteiger partial charge in [-0.1, -0.05) is 6.92 Å². The van der Waals surface area contributed by atoms with Crippen LogP contribution < -0.4 is 10.1 Å². The zero-order valence-electron chi connectivity index (χ0n) is 9.46. The Hall–Kier alpha value is -1.76. The fourth-order valence-corrected chi connectivity index (χ4v) is 1.33. The predicted octanol–water partition coefficient (Wildman–Crippen LogP) is 2.80. The summed E-state index contributed by atoms with van der Waals surface area (Å²) in [6.07, 6.45) is 0.765. The lowest BCUT2D eigenvalue weighted by molar-refractivity contribution is 0.415. The number of hydrogen-bond donors (Lipinski definition) is 1. The maximum atomic E-state index is 13.0. The van der Waals surface area contributed by atoms with Gasteiger partial charge in [0.15, 0.2) is 0 Å². The van der Waals surface area contributed by atoms with Gasteiger partial charge in [0.1, 0.15) is 11.6 Å². The largest absolute Gasteiger partial charge is 0.495 e. The van der Waals surface area contributed by atoms with Gasteiger partial charge in [-0.05, 0) is 18.6 Å². The summed E-state index contributed by atoms with van der Waals surface area (Å²) in [5.74, 6) is 0.176. The van der Waals surface area contributed by atoms with E-state index in [0.717, 1.165) is 6.42 Å². The van der Waals surface area contributed by atoms with E-state index in [-0.39, 0.29) is 11.7 Å². The second-order valence-electron chi connectivity index (χ2n) is 3.46. The van der Waals surface area contributed by atoms with Crippen LogP contribution in [0.15, 0.2) is 18.2 Å². The van der Waals surface area contributed by atoms with Gasteiger partial charge >= 0.3 is 0 Å². The zero-order chi connectivity index (χ0) is 12.0. The number of hydrogen-bond acceptors (Lipinski definition) is 3. The van der Waals surface area contributed by atoms with Crippen LogP contribution in [-0.2, 0) is 0 Å². The number of nitrogens with one attached hydrogen (secondary N) is 1. The quantitative estimate of drug-likeness (QED) is 0.833. The van der Waals surface area contributed by atoms with E-state index in [9.17, 15) is 4.39 Å². The molecule has 1 aromatic rings. The molecular formula is C12H15FN2O. The third-order valence-corrected chi connectivity index (χ3v) is 2.38. The van der Waals surface area contributed by atoms with Crippen LogP contribution >= 0.6 is 0 Å². The third-order valence-electron chi connectivity index (χ3n) is 2.38. The SMILES string of the molecule is CCC(C#N)CNc1cc(F)ccc1OC. The fraction of sp³-hybridized carbons (Fsp3) is 0.417. The molecule has 86 valence electrons. The average Bonchev–Trinajstić information content (AvgIpc) is 2.30. The Morgan fingerprint density at radius 1 is 1.56 bits per heavy atom. The number of nitrogens with zero attached hydrogens (tertiary/aromatic N) is 1. The standard InChI is InChI=1S/C12H15FN2O/c1-3-9(7-14)8-15-11-6-10(13)4-5-12(11)16-2/h4-6,9,15H,3,8H2,1-2H3. The summed E-state index contributed by atoms with van der Waals surface area (Å²) < 4.78 is 18.1. The van der Waals surface area contributed by atoms with Crippen molar-refractivity contribution in [2.24, 2.45) is 5.92 Å². The normalized spacial score (nSPS) is 11.6. The summed E-state index contributed by atoms with van der Waals surface area (Å²) in [5.41, 5.74) is 0.580. The first-order valence-corrected chi connectivity index (χ1v) is 5.18. The van der Waals surface area contributed by atoms with E-state index in [1.54, 1.807) is 6.07 Å². The number of anilines is 1. The summed E-state index contributed by atoms with van der Waals surface area (Å²) in [6, 6.07) is 6.44. The molecular weight excluding hydrogens is 207 g/mol. The topological polar surface area (TPSA) is 45.0 Å². The molecule has 0 aliphatic heterocycles. The van der Waals surface area contributed by atoms with Crippen LogP contribution in [0.25, 0.3) is 0 Å². The fourth-order valence-electron chi connectivity index (χ4n) is 1.33. The van der Waals surface area contributed by atoms with Crippen molar-refractivity contribution in [3.8, 4) is 11.8 Å². The molecule has 1 aromatic carbocycles. The number of nitriles is 1. The maximum absolute atomic E-state index is 13.0. The number of methoxy groups -OCH3 is 1. The maximum Gasteiger partial charge on any atom is 0.142 e. The Labute approximate surface area is 94.8 Å². The first-order chi connectivity index (χ1) is 7.71. The summed E-state index contributed by atoms with van der Waals surface area (Å²) in [4.78, 5) is 0. The number of benzene rings is 1. The molecule has 0 saturated carbocycles. The second-order valence-corrected chi connectivity index (χ2v) is 3.46. The molecule has 1 rings (SSSR count). The van der Waals surface area contributed by atoms with E-state index in [1.807, 2.05) is 6.92 Å². The highest BCUT2D eigenvalue weighted by Crippen LogP contribution is 2.25. The van der Waals surface area contributed by atoms with Gasteiger partial charge in [0.05, 0.1) is 24.8 Å². The van der Waals surface area contributed by atoms with E-state index < -0.39 is 0 Å². The Balaban J connectivity index is 2.72. The Kier molecular flexibility index (Phi) is 4.59. The van der Waals surface area contributed by atoms with Crippen molar-refractivity contribution in [2.75, 3.05) is 19.0 Å². The van der Waals surface area contributed by atoms with Gasteiger partial charge in [-0.15, -0.1) is 0 Å². The van der Waals surface area contributed by atoms with Gasteiger partial charge in [0.2, 0.25) is 0 Å². The monoisotopic (exact) mass is 222 g/mol. The molecule has 1 unspecified atom stereocenters. The van der Waals surface area contributed by atoms with Gasteiger partial charge < -0.3 is 10.1 Å². The summed E-state index contributed by atoms with van der Waals surface area (Å²) in [5, 5.41) is 11.8. The molecule has 0 aromatic heterocycles. The Morgan fingerprint density at radius 3 is 2.88 bits per heavy atom. The van der Waals surface area contributed by atoms with Gasteiger partial charge in [0, 0.05) is 12.6 Å². The first kappa shape index (κ1) is 12.3. The van der Waals surface area contributed by atoms with Gasteiger partial charge in [-0.25, -0.2) is 4.39 Å². The third kappa shape index (κ3) is 3.13. The first-order valence-electron chi connectivity index (χ1n) is 5.18. The van der Waals surface area contributed by atoms with Crippen LogP contribution in [0, 0.1) is 23.1 Å². The van der Waals surface area contributed by atoms with Crippen molar-refractivity contribution in [3.05, 3.63) is 24.0 Å².